The maximum absolute atomic E-state index is 12.3. The third-order valence-corrected chi connectivity index (χ3v) is 3.56. The molecule has 0 spiro atoms. The van der Waals surface area contributed by atoms with E-state index in [2.05, 4.69) is 0 Å². The van der Waals surface area contributed by atoms with Crippen molar-refractivity contribution in [2.45, 2.75) is 40.3 Å². The lowest BCUT2D eigenvalue weighted by Crippen LogP contribution is -2.39. The SMILES string of the molecule is CCCn1ccc(=O)n(Cc2c(C)cccc2C)c1=O. The van der Waals surface area contributed by atoms with Crippen LogP contribution in [0.15, 0.2) is 40.1 Å². The fourth-order valence-corrected chi connectivity index (χ4v) is 2.37. The summed E-state index contributed by atoms with van der Waals surface area (Å²) in [6.45, 7) is 6.97. The van der Waals surface area contributed by atoms with Gasteiger partial charge in [-0.1, -0.05) is 25.1 Å². The van der Waals surface area contributed by atoms with E-state index in [9.17, 15) is 9.59 Å². The summed E-state index contributed by atoms with van der Waals surface area (Å²) in [5.41, 5.74) is 2.76. The van der Waals surface area contributed by atoms with Crippen molar-refractivity contribution < 1.29 is 0 Å². The molecule has 0 aliphatic carbocycles. The van der Waals surface area contributed by atoms with Gasteiger partial charge in [0, 0.05) is 18.8 Å². The molecule has 0 aliphatic heterocycles. The van der Waals surface area contributed by atoms with Crippen molar-refractivity contribution in [2.75, 3.05) is 0 Å². The Balaban J connectivity index is 2.51. The molecule has 0 atom stereocenters. The maximum atomic E-state index is 12.3. The van der Waals surface area contributed by atoms with Crippen molar-refractivity contribution in [1.29, 1.82) is 0 Å². The number of rotatable bonds is 4. The van der Waals surface area contributed by atoms with Gasteiger partial charge >= 0.3 is 5.69 Å². The van der Waals surface area contributed by atoms with E-state index in [-0.39, 0.29) is 11.2 Å². The highest BCUT2D eigenvalue weighted by Crippen LogP contribution is 2.13. The highest BCUT2D eigenvalue weighted by atomic mass is 16.2. The second kappa shape index (κ2) is 5.90. The summed E-state index contributed by atoms with van der Waals surface area (Å²) < 4.78 is 2.90. The van der Waals surface area contributed by atoms with Crippen molar-refractivity contribution in [2.24, 2.45) is 0 Å². The van der Waals surface area contributed by atoms with Crippen molar-refractivity contribution >= 4 is 0 Å². The normalized spacial score (nSPS) is 10.8. The summed E-state index contributed by atoms with van der Waals surface area (Å²) >= 11 is 0. The smallest absolute Gasteiger partial charge is 0.300 e. The molecule has 2 rings (SSSR count). The van der Waals surface area contributed by atoms with Crippen LogP contribution in [-0.4, -0.2) is 9.13 Å². The van der Waals surface area contributed by atoms with E-state index in [0.717, 1.165) is 23.1 Å². The summed E-state index contributed by atoms with van der Waals surface area (Å²) in [6, 6.07) is 7.45. The molecule has 0 radical (unpaired) electrons. The van der Waals surface area contributed by atoms with E-state index >= 15 is 0 Å². The summed E-state index contributed by atoms with van der Waals surface area (Å²) in [5, 5.41) is 0. The summed E-state index contributed by atoms with van der Waals surface area (Å²) in [5.74, 6) is 0. The van der Waals surface area contributed by atoms with Crippen LogP contribution in [0.2, 0.25) is 0 Å². The van der Waals surface area contributed by atoms with E-state index in [0.29, 0.717) is 13.1 Å². The van der Waals surface area contributed by atoms with Gasteiger partial charge in [-0.3, -0.25) is 9.36 Å². The van der Waals surface area contributed by atoms with Crippen LogP contribution < -0.4 is 11.2 Å². The van der Waals surface area contributed by atoms with Crippen molar-refractivity contribution in [3.05, 3.63) is 68.0 Å². The molecule has 106 valence electrons. The first-order valence-electron chi connectivity index (χ1n) is 6.90. The third kappa shape index (κ3) is 2.74. The van der Waals surface area contributed by atoms with Gasteiger partial charge < -0.3 is 4.57 Å². The van der Waals surface area contributed by atoms with Crippen molar-refractivity contribution in [3.8, 4) is 0 Å². The molecule has 0 saturated heterocycles. The van der Waals surface area contributed by atoms with Crippen LogP contribution in [0.3, 0.4) is 0 Å². The van der Waals surface area contributed by atoms with E-state index < -0.39 is 0 Å². The first-order chi connectivity index (χ1) is 9.54. The highest BCUT2D eigenvalue weighted by molar-refractivity contribution is 5.33. The fraction of sp³-hybridized carbons (Fsp3) is 0.375. The molecule has 0 bridgehead atoms. The zero-order valence-corrected chi connectivity index (χ0v) is 12.2. The van der Waals surface area contributed by atoms with Crippen LogP contribution >= 0.6 is 0 Å². The van der Waals surface area contributed by atoms with Crippen molar-refractivity contribution in [3.63, 3.8) is 0 Å². The molecule has 0 amide bonds. The van der Waals surface area contributed by atoms with E-state index in [1.807, 2.05) is 39.0 Å². The van der Waals surface area contributed by atoms with Crippen LogP contribution in [0, 0.1) is 13.8 Å². The Labute approximate surface area is 118 Å². The first kappa shape index (κ1) is 14.3. The van der Waals surface area contributed by atoms with Gasteiger partial charge in [0.1, 0.15) is 0 Å². The van der Waals surface area contributed by atoms with Crippen LogP contribution in [0.4, 0.5) is 0 Å². The summed E-state index contributed by atoms with van der Waals surface area (Å²) in [4.78, 5) is 24.3. The van der Waals surface area contributed by atoms with E-state index in [4.69, 9.17) is 0 Å². The Bertz CT molecular complexity index is 706. The molecular formula is C16H20N2O2. The van der Waals surface area contributed by atoms with E-state index in [1.165, 1.54) is 10.6 Å². The lowest BCUT2D eigenvalue weighted by Gasteiger charge is -2.12. The summed E-state index contributed by atoms with van der Waals surface area (Å²) in [6.07, 6.45) is 2.44. The number of hydrogen-bond acceptors (Lipinski definition) is 2. The van der Waals surface area contributed by atoms with Gasteiger partial charge in [0.2, 0.25) is 0 Å². The molecule has 4 nitrogen and oxygen atoms in total. The molecule has 0 unspecified atom stereocenters. The Morgan fingerprint density at radius 3 is 2.30 bits per heavy atom. The summed E-state index contributed by atoms with van der Waals surface area (Å²) in [7, 11) is 0. The number of aromatic nitrogens is 2. The molecule has 0 saturated carbocycles. The van der Waals surface area contributed by atoms with Crippen LogP contribution in [-0.2, 0) is 13.1 Å². The fourth-order valence-electron chi connectivity index (χ4n) is 2.37. The molecular weight excluding hydrogens is 252 g/mol. The lowest BCUT2D eigenvalue weighted by atomic mass is 10.0. The zero-order valence-electron chi connectivity index (χ0n) is 12.2. The predicted molar refractivity (Wildman–Crippen MR) is 80.3 cm³/mol. The molecule has 2 aromatic rings. The minimum absolute atomic E-state index is 0.234. The Morgan fingerprint density at radius 2 is 1.70 bits per heavy atom. The van der Waals surface area contributed by atoms with Gasteiger partial charge in [-0.15, -0.1) is 0 Å². The number of benzene rings is 1. The van der Waals surface area contributed by atoms with Crippen LogP contribution in [0.5, 0.6) is 0 Å². The Hall–Kier alpha value is -2.10. The minimum Gasteiger partial charge on any atom is -0.300 e. The monoisotopic (exact) mass is 272 g/mol. The van der Waals surface area contributed by atoms with Crippen LogP contribution in [0.1, 0.15) is 30.0 Å². The number of aryl methyl sites for hydroxylation is 3. The Morgan fingerprint density at radius 1 is 1.05 bits per heavy atom. The van der Waals surface area contributed by atoms with Gasteiger partial charge in [0.05, 0.1) is 6.54 Å². The molecule has 4 heteroatoms. The average Bonchev–Trinajstić information content (AvgIpc) is 2.41. The predicted octanol–water partition coefficient (Wildman–Crippen LogP) is 2.09. The zero-order chi connectivity index (χ0) is 14.7. The maximum Gasteiger partial charge on any atom is 0.331 e. The molecule has 1 aromatic carbocycles. The second-order valence-corrected chi connectivity index (χ2v) is 5.09. The standard InChI is InChI=1S/C16H20N2O2/c1-4-9-17-10-8-15(19)18(16(17)20)11-14-12(2)6-5-7-13(14)3/h5-8,10H,4,9,11H2,1-3H3. The molecule has 1 aromatic heterocycles. The van der Waals surface area contributed by atoms with Crippen molar-refractivity contribution in [1.82, 2.24) is 9.13 Å². The Kier molecular flexibility index (Phi) is 4.23. The topological polar surface area (TPSA) is 44.0 Å². The molecule has 1 heterocycles. The number of hydrogen-bond donors (Lipinski definition) is 0. The van der Waals surface area contributed by atoms with Gasteiger partial charge in [-0.05, 0) is 37.0 Å². The second-order valence-electron chi connectivity index (χ2n) is 5.09. The van der Waals surface area contributed by atoms with Gasteiger partial charge in [0.25, 0.3) is 5.56 Å². The number of nitrogens with zero attached hydrogens (tertiary/aromatic N) is 2. The largest absolute Gasteiger partial charge is 0.331 e. The van der Waals surface area contributed by atoms with Crippen LogP contribution in [0.25, 0.3) is 0 Å². The molecule has 0 N–H and O–H groups in total. The van der Waals surface area contributed by atoms with Gasteiger partial charge in [0.15, 0.2) is 0 Å². The van der Waals surface area contributed by atoms with Gasteiger partial charge in [-0.2, -0.15) is 0 Å². The quantitative estimate of drug-likeness (QED) is 0.855. The molecule has 0 aliphatic rings. The highest BCUT2D eigenvalue weighted by Gasteiger charge is 2.09. The molecule has 0 fully saturated rings. The lowest BCUT2D eigenvalue weighted by molar-refractivity contribution is 0.569. The minimum atomic E-state index is -0.245. The average molecular weight is 272 g/mol. The van der Waals surface area contributed by atoms with E-state index in [1.54, 1.807) is 10.8 Å². The van der Waals surface area contributed by atoms with Gasteiger partial charge in [-0.25, -0.2) is 4.79 Å². The first-order valence-corrected chi connectivity index (χ1v) is 6.90. The molecule has 20 heavy (non-hydrogen) atoms. The third-order valence-electron chi connectivity index (χ3n) is 3.56.